The number of ether oxygens (including phenoxy) is 3. The van der Waals surface area contributed by atoms with Crippen molar-refractivity contribution >= 4 is 28.6 Å². The summed E-state index contributed by atoms with van der Waals surface area (Å²) in [4.78, 5) is 33.3. The summed E-state index contributed by atoms with van der Waals surface area (Å²) < 4.78 is 18.3. The van der Waals surface area contributed by atoms with Crippen LogP contribution in [0.15, 0.2) is 46.3 Å². The fourth-order valence-electron chi connectivity index (χ4n) is 4.97. The van der Waals surface area contributed by atoms with Gasteiger partial charge in [-0.15, -0.1) is 0 Å². The predicted octanol–water partition coefficient (Wildman–Crippen LogP) is 4.61. The van der Waals surface area contributed by atoms with Crippen molar-refractivity contribution in [1.29, 1.82) is 0 Å². The van der Waals surface area contributed by atoms with E-state index in [9.17, 15) is 9.59 Å². The lowest BCUT2D eigenvalue weighted by atomic mass is 10.0. The molecule has 1 saturated heterocycles. The quantitative estimate of drug-likeness (QED) is 0.229. The number of esters is 1. The number of carbonyl (C=O) groups is 1. The molecule has 1 aromatic heterocycles. The van der Waals surface area contributed by atoms with Gasteiger partial charge < -0.3 is 19.1 Å². The number of nitrogens with zero attached hydrogens (tertiary/aromatic N) is 3. The Morgan fingerprint density at radius 2 is 1.97 bits per heavy atom. The van der Waals surface area contributed by atoms with Crippen LogP contribution < -0.4 is 10.3 Å². The van der Waals surface area contributed by atoms with Crippen molar-refractivity contribution in [2.75, 3.05) is 33.0 Å². The minimum absolute atomic E-state index is 0.0151. The maximum absolute atomic E-state index is 13.5. The molecule has 5 rings (SSSR count). The molecule has 3 heterocycles. The summed E-state index contributed by atoms with van der Waals surface area (Å²) in [7, 11) is 0. The number of piperidine rings is 1. The number of hydrogen-bond acceptors (Lipinski definition) is 8. The van der Waals surface area contributed by atoms with E-state index in [0.717, 1.165) is 42.9 Å². The van der Waals surface area contributed by atoms with Crippen LogP contribution in [-0.2, 0) is 28.4 Å². The third-order valence-electron chi connectivity index (χ3n) is 6.79. The lowest BCUT2D eigenvalue weighted by Crippen LogP contribution is -2.32. The molecule has 37 heavy (non-hydrogen) atoms. The largest absolute Gasteiger partial charge is 0.467 e. The Balaban J connectivity index is 1.42. The van der Waals surface area contributed by atoms with Crippen LogP contribution >= 0.6 is 11.8 Å². The number of likely N-dealkylation sites (tertiary alicyclic amines) is 1. The average molecular weight is 524 g/mol. The molecule has 2 aromatic carbocycles. The van der Waals surface area contributed by atoms with E-state index in [-0.39, 0.29) is 18.3 Å². The van der Waals surface area contributed by atoms with Gasteiger partial charge in [-0.1, -0.05) is 30.3 Å². The second kappa shape index (κ2) is 12.1. The number of hydrogen-bond donors (Lipinski definition) is 0. The third kappa shape index (κ3) is 6.00. The summed E-state index contributed by atoms with van der Waals surface area (Å²) in [5, 5.41) is 1.30. The molecule has 196 valence electrons. The molecule has 1 fully saturated rings. The van der Waals surface area contributed by atoms with Crippen molar-refractivity contribution in [3.05, 3.63) is 63.4 Å². The first-order valence-electron chi connectivity index (χ1n) is 13.0. The molecule has 3 aromatic rings. The van der Waals surface area contributed by atoms with Gasteiger partial charge in [0.1, 0.15) is 5.75 Å². The molecule has 0 amide bonds. The van der Waals surface area contributed by atoms with E-state index in [1.807, 2.05) is 34.9 Å². The maximum atomic E-state index is 13.5. The Kier molecular flexibility index (Phi) is 8.43. The van der Waals surface area contributed by atoms with Crippen LogP contribution in [0.1, 0.15) is 54.1 Å². The maximum Gasteiger partial charge on any atom is 0.338 e. The van der Waals surface area contributed by atoms with Crippen molar-refractivity contribution in [2.45, 2.75) is 56.7 Å². The second-order valence-electron chi connectivity index (χ2n) is 9.37. The molecule has 0 unspecified atom stereocenters. The van der Waals surface area contributed by atoms with Gasteiger partial charge in [-0.3, -0.25) is 9.36 Å². The Morgan fingerprint density at radius 3 is 2.81 bits per heavy atom. The first-order chi connectivity index (χ1) is 18.1. The van der Waals surface area contributed by atoms with E-state index < -0.39 is 0 Å². The minimum Gasteiger partial charge on any atom is -0.467 e. The third-order valence-corrected chi connectivity index (χ3v) is 7.81. The molecule has 0 radical (unpaired) electrons. The fraction of sp³-hybridized carbons (Fsp3) is 0.464. The standard InChI is InChI=1S/C28H33N3O5S/c1-2-35-27(33)20-15-21-17-34-19-36-25(21)22(16-20)18-37-28-29-24-10-5-4-9-23(24)26(32)31(28)14-8-13-30-11-6-3-7-12-30/h4-5,9-10,15-16H,2-3,6-8,11-14,17-19H2,1H3. The summed E-state index contributed by atoms with van der Waals surface area (Å²) in [6.07, 6.45) is 4.70. The van der Waals surface area contributed by atoms with Crippen LogP contribution in [0.25, 0.3) is 10.9 Å². The van der Waals surface area contributed by atoms with Crippen LogP contribution in [0.4, 0.5) is 0 Å². The highest BCUT2D eigenvalue weighted by atomic mass is 32.2. The molecule has 0 spiro atoms. The average Bonchev–Trinajstić information content (AvgIpc) is 2.93. The number of aromatic nitrogens is 2. The number of fused-ring (bicyclic) bond motifs is 2. The summed E-state index contributed by atoms with van der Waals surface area (Å²) in [5.74, 6) is 0.846. The second-order valence-corrected chi connectivity index (χ2v) is 10.3. The number of para-hydroxylation sites is 1. The van der Waals surface area contributed by atoms with Gasteiger partial charge in [0.2, 0.25) is 0 Å². The van der Waals surface area contributed by atoms with Crippen molar-refractivity contribution in [2.24, 2.45) is 0 Å². The Morgan fingerprint density at radius 1 is 1.14 bits per heavy atom. The van der Waals surface area contributed by atoms with Crippen LogP contribution in [0.5, 0.6) is 5.75 Å². The van der Waals surface area contributed by atoms with Crippen molar-refractivity contribution < 1.29 is 19.0 Å². The van der Waals surface area contributed by atoms with E-state index in [0.29, 0.717) is 47.1 Å². The number of benzene rings is 2. The summed E-state index contributed by atoms with van der Waals surface area (Å²) in [6, 6.07) is 11.1. The van der Waals surface area contributed by atoms with E-state index >= 15 is 0 Å². The molecule has 0 bridgehead atoms. The van der Waals surface area contributed by atoms with E-state index in [1.165, 1.54) is 31.0 Å². The van der Waals surface area contributed by atoms with Crippen LogP contribution in [0.2, 0.25) is 0 Å². The summed E-state index contributed by atoms with van der Waals surface area (Å²) in [6.45, 7) is 6.49. The lowest BCUT2D eigenvalue weighted by molar-refractivity contribution is -0.0169. The molecule has 0 saturated carbocycles. The zero-order chi connectivity index (χ0) is 25.6. The van der Waals surface area contributed by atoms with Crippen molar-refractivity contribution in [3.8, 4) is 5.75 Å². The first-order valence-corrected chi connectivity index (χ1v) is 14.0. The Bertz CT molecular complexity index is 1320. The van der Waals surface area contributed by atoms with E-state index in [1.54, 1.807) is 13.0 Å². The van der Waals surface area contributed by atoms with Gasteiger partial charge in [-0.2, -0.15) is 0 Å². The van der Waals surface area contributed by atoms with Crippen molar-refractivity contribution in [3.63, 3.8) is 0 Å². The molecule has 0 atom stereocenters. The van der Waals surface area contributed by atoms with Crippen LogP contribution in [0, 0.1) is 0 Å². The molecule has 0 aliphatic carbocycles. The van der Waals surface area contributed by atoms with Gasteiger partial charge in [-0.25, -0.2) is 9.78 Å². The molecule has 9 heteroatoms. The Labute approximate surface area is 220 Å². The topological polar surface area (TPSA) is 82.9 Å². The van der Waals surface area contributed by atoms with Crippen molar-refractivity contribution in [1.82, 2.24) is 14.5 Å². The first kappa shape index (κ1) is 25.8. The fourth-order valence-corrected chi connectivity index (χ4v) is 5.96. The monoisotopic (exact) mass is 523 g/mol. The lowest BCUT2D eigenvalue weighted by Gasteiger charge is -2.26. The molecular weight excluding hydrogens is 490 g/mol. The Hall–Kier alpha value is -2.88. The van der Waals surface area contributed by atoms with Gasteiger partial charge in [0.15, 0.2) is 11.9 Å². The highest BCUT2D eigenvalue weighted by Crippen LogP contribution is 2.34. The molecule has 2 aliphatic rings. The molecular formula is C28H33N3O5S. The van der Waals surface area contributed by atoms with Crippen LogP contribution in [0.3, 0.4) is 0 Å². The molecule has 8 nitrogen and oxygen atoms in total. The minimum atomic E-state index is -0.374. The normalized spacial score (nSPS) is 15.8. The zero-order valence-corrected chi connectivity index (χ0v) is 22.1. The molecule has 2 aliphatic heterocycles. The van der Waals surface area contributed by atoms with Gasteiger partial charge in [0.25, 0.3) is 5.56 Å². The zero-order valence-electron chi connectivity index (χ0n) is 21.2. The highest BCUT2D eigenvalue weighted by molar-refractivity contribution is 7.98. The number of thioether (sulfide) groups is 1. The number of carbonyl (C=O) groups excluding carboxylic acids is 1. The summed E-state index contributed by atoms with van der Waals surface area (Å²) in [5.41, 5.74) is 2.82. The van der Waals surface area contributed by atoms with Gasteiger partial charge in [0.05, 0.1) is 29.7 Å². The van der Waals surface area contributed by atoms with E-state index in [4.69, 9.17) is 19.2 Å². The molecule has 0 N–H and O–H groups in total. The predicted molar refractivity (Wildman–Crippen MR) is 143 cm³/mol. The smallest absolute Gasteiger partial charge is 0.338 e. The summed E-state index contributed by atoms with van der Waals surface area (Å²) >= 11 is 1.49. The van der Waals surface area contributed by atoms with E-state index in [2.05, 4.69) is 4.90 Å². The van der Waals surface area contributed by atoms with Gasteiger partial charge in [0, 0.05) is 23.4 Å². The number of rotatable bonds is 9. The van der Waals surface area contributed by atoms with Gasteiger partial charge >= 0.3 is 5.97 Å². The van der Waals surface area contributed by atoms with Crippen LogP contribution in [-0.4, -0.2) is 53.5 Å². The SMILES string of the molecule is CCOC(=O)c1cc2c(c(CSc3nc4ccccc4c(=O)n3CCCN3CCCCC3)c1)OCOC2. The highest BCUT2D eigenvalue weighted by Gasteiger charge is 2.21. The van der Waals surface area contributed by atoms with Gasteiger partial charge in [-0.05, 0) is 70.1 Å².